The lowest BCUT2D eigenvalue weighted by molar-refractivity contribution is 0.0755. The van der Waals surface area contributed by atoms with Gasteiger partial charge in [0, 0.05) is 11.6 Å². The molecule has 13 heavy (non-hydrogen) atoms. The van der Waals surface area contributed by atoms with Gasteiger partial charge < -0.3 is 10.1 Å². The van der Waals surface area contributed by atoms with Crippen molar-refractivity contribution in [1.82, 2.24) is 15.0 Å². The predicted molar refractivity (Wildman–Crippen MR) is 49.1 cm³/mol. The molecule has 0 aliphatic carbocycles. The molecule has 0 atom stereocenters. The van der Waals surface area contributed by atoms with E-state index in [1.807, 2.05) is 6.07 Å². The van der Waals surface area contributed by atoms with E-state index < -0.39 is 5.60 Å². The summed E-state index contributed by atoms with van der Waals surface area (Å²) in [5.41, 5.74) is 0.481. The molecule has 0 saturated heterocycles. The third-order valence-corrected chi connectivity index (χ3v) is 1.93. The van der Waals surface area contributed by atoms with Gasteiger partial charge >= 0.3 is 0 Å². The first kappa shape index (κ1) is 8.19. The Bertz CT molecular complexity index is 428. The third-order valence-electron chi connectivity index (χ3n) is 1.93. The lowest BCUT2D eigenvalue weighted by Crippen LogP contribution is -2.17. The fraction of sp³-hybridized carbons (Fsp3) is 0.333. The number of H-pyrrole nitrogens is 1. The molecule has 0 aromatic carbocycles. The van der Waals surface area contributed by atoms with E-state index in [1.54, 1.807) is 20.0 Å². The van der Waals surface area contributed by atoms with Gasteiger partial charge in [-0.05, 0) is 19.9 Å². The zero-order valence-corrected chi connectivity index (χ0v) is 7.57. The van der Waals surface area contributed by atoms with Crippen molar-refractivity contribution < 1.29 is 5.11 Å². The lowest BCUT2D eigenvalue weighted by Gasteiger charge is -2.16. The maximum atomic E-state index is 9.80. The van der Waals surface area contributed by atoms with Crippen LogP contribution in [-0.4, -0.2) is 20.1 Å². The highest BCUT2D eigenvalue weighted by atomic mass is 16.3. The number of fused-ring (bicyclic) bond motifs is 1. The summed E-state index contributed by atoms with van der Waals surface area (Å²) in [6.45, 7) is 3.42. The van der Waals surface area contributed by atoms with Gasteiger partial charge in [-0.15, -0.1) is 0 Å². The molecule has 4 nitrogen and oxygen atoms in total. The van der Waals surface area contributed by atoms with Crippen molar-refractivity contribution in [3.8, 4) is 0 Å². The molecule has 0 radical (unpaired) electrons. The Labute approximate surface area is 75.7 Å². The summed E-state index contributed by atoms with van der Waals surface area (Å²) in [6.07, 6.45) is 3.24. The van der Waals surface area contributed by atoms with Gasteiger partial charge in [0.05, 0.1) is 5.69 Å². The highest BCUT2D eigenvalue weighted by molar-refractivity contribution is 5.78. The Morgan fingerprint density at radius 3 is 2.85 bits per heavy atom. The van der Waals surface area contributed by atoms with E-state index in [0.717, 1.165) is 11.0 Å². The monoisotopic (exact) mass is 177 g/mol. The van der Waals surface area contributed by atoms with Gasteiger partial charge in [0.2, 0.25) is 0 Å². The normalized spacial score (nSPS) is 12.2. The van der Waals surface area contributed by atoms with Crippen LogP contribution in [-0.2, 0) is 5.60 Å². The van der Waals surface area contributed by atoms with Crippen molar-refractivity contribution in [2.45, 2.75) is 19.4 Å². The minimum Gasteiger partial charge on any atom is -0.384 e. The molecule has 0 aliphatic heterocycles. The van der Waals surface area contributed by atoms with Crippen LogP contribution in [0.25, 0.3) is 11.0 Å². The predicted octanol–water partition coefficient (Wildman–Crippen LogP) is 1.19. The van der Waals surface area contributed by atoms with E-state index in [2.05, 4.69) is 15.0 Å². The number of rotatable bonds is 1. The minimum absolute atomic E-state index is 0.652. The molecular formula is C9H11N3O. The van der Waals surface area contributed by atoms with Crippen LogP contribution < -0.4 is 0 Å². The summed E-state index contributed by atoms with van der Waals surface area (Å²) < 4.78 is 0. The van der Waals surface area contributed by atoms with E-state index in [9.17, 15) is 5.11 Å². The molecule has 2 aromatic heterocycles. The summed E-state index contributed by atoms with van der Waals surface area (Å²) in [5.74, 6) is 0. The van der Waals surface area contributed by atoms with Crippen LogP contribution >= 0.6 is 0 Å². The number of nitrogens with one attached hydrogen (secondary N) is 1. The molecule has 0 unspecified atom stereocenters. The highest BCUT2D eigenvalue weighted by Crippen LogP contribution is 2.23. The minimum atomic E-state index is -0.927. The molecule has 2 heterocycles. The fourth-order valence-electron chi connectivity index (χ4n) is 1.36. The number of aliphatic hydroxyl groups is 1. The molecular weight excluding hydrogens is 166 g/mol. The Morgan fingerprint density at radius 1 is 1.38 bits per heavy atom. The van der Waals surface area contributed by atoms with Crippen molar-refractivity contribution in [3.05, 3.63) is 24.3 Å². The van der Waals surface area contributed by atoms with Crippen LogP contribution in [0.15, 0.2) is 18.6 Å². The second-order valence-corrected chi connectivity index (χ2v) is 3.52. The Hall–Kier alpha value is -1.42. The summed E-state index contributed by atoms with van der Waals surface area (Å²) in [7, 11) is 0. The molecule has 2 N–H and O–H groups in total. The van der Waals surface area contributed by atoms with E-state index in [4.69, 9.17) is 0 Å². The first-order valence-corrected chi connectivity index (χ1v) is 4.10. The molecule has 2 aromatic rings. The zero-order chi connectivity index (χ0) is 9.47. The molecule has 0 aliphatic rings. The Morgan fingerprint density at radius 2 is 2.15 bits per heavy atom. The van der Waals surface area contributed by atoms with Crippen LogP contribution in [0.5, 0.6) is 0 Å². The maximum Gasteiger partial charge on any atom is 0.141 e. The molecule has 0 bridgehead atoms. The Balaban J connectivity index is 2.75. The number of hydrogen-bond donors (Lipinski definition) is 2. The molecule has 68 valence electrons. The lowest BCUT2D eigenvalue weighted by atomic mass is 10.0. The SMILES string of the molecule is CC(C)(O)c1ncnc2[nH]ccc12. The van der Waals surface area contributed by atoms with Crippen molar-refractivity contribution in [2.75, 3.05) is 0 Å². The van der Waals surface area contributed by atoms with Gasteiger partial charge in [-0.3, -0.25) is 0 Å². The van der Waals surface area contributed by atoms with Crippen molar-refractivity contribution in [2.24, 2.45) is 0 Å². The van der Waals surface area contributed by atoms with E-state index in [0.29, 0.717) is 5.69 Å². The fourth-order valence-corrected chi connectivity index (χ4v) is 1.36. The van der Waals surface area contributed by atoms with E-state index in [1.165, 1.54) is 6.33 Å². The van der Waals surface area contributed by atoms with Crippen LogP contribution in [0.1, 0.15) is 19.5 Å². The summed E-state index contributed by atoms with van der Waals surface area (Å²) >= 11 is 0. The molecule has 0 fully saturated rings. The summed E-state index contributed by atoms with van der Waals surface area (Å²) in [5, 5.41) is 10.7. The molecule has 2 rings (SSSR count). The summed E-state index contributed by atoms with van der Waals surface area (Å²) in [4.78, 5) is 11.1. The standard InChI is InChI=1S/C9H11N3O/c1-9(2,13)7-6-3-4-10-8(6)12-5-11-7/h3-5,13H,1-2H3,(H,10,11,12). The Kier molecular flexibility index (Phi) is 1.60. The average molecular weight is 177 g/mol. The van der Waals surface area contributed by atoms with Gasteiger partial charge in [-0.2, -0.15) is 0 Å². The first-order chi connectivity index (χ1) is 6.09. The van der Waals surface area contributed by atoms with E-state index >= 15 is 0 Å². The largest absolute Gasteiger partial charge is 0.384 e. The highest BCUT2D eigenvalue weighted by Gasteiger charge is 2.21. The number of nitrogens with zero attached hydrogens (tertiary/aromatic N) is 2. The van der Waals surface area contributed by atoms with Crippen LogP contribution in [0, 0.1) is 0 Å². The second kappa shape index (κ2) is 2.53. The van der Waals surface area contributed by atoms with Crippen molar-refractivity contribution >= 4 is 11.0 Å². The molecule has 0 saturated carbocycles. The van der Waals surface area contributed by atoms with Gasteiger partial charge in [0.1, 0.15) is 17.6 Å². The second-order valence-electron chi connectivity index (χ2n) is 3.52. The molecule has 0 spiro atoms. The van der Waals surface area contributed by atoms with Gasteiger partial charge in [0.25, 0.3) is 0 Å². The summed E-state index contributed by atoms with van der Waals surface area (Å²) in [6, 6.07) is 1.86. The third kappa shape index (κ3) is 1.29. The van der Waals surface area contributed by atoms with Gasteiger partial charge in [-0.25, -0.2) is 9.97 Å². The van der Waals surface area contributed by atoms with Crippen molar-refractivity contribution in [1.29, 1.82) is 0 Å². The molecule has 4 heteroatoms. The quantitative estimate of drug-likeness (QED) is 0.687. The van der Waals surface area contributed by atoms with Crippen molar-refractivity contribution in [3.63, 3.8) is 0 Å². The number of hydrogen-bond acceptors (Lipinski definition) is 3. The number of aromatic amines is 1. The maximum absolute atomic E-state index is 9.80. The topological polar surface area (TPSA) is 61.8 Å². The van der Waals surface area contributed by atoms with Crippen LogP contribution in [0.4, 0.5) is 0 Å². The van der Waals surface area contributed by atoms with Crippen LogP contribution in [0.2, 0.25) is 0 Å². The smallest absolute Gasteiger partial charge is 0.141 e. The zero-order valence-electron chi connectivity index (χ0n) is 7.57. The average Bonchev–Trinajstić information content (AvgIpc) is 2.48. The van der Waals surface area contributed by atoms with Gasteiger partial charge in [0.15, 0.2) is 0 Å². The van der Waals surface area contributed by atoms with Crippen LogP contribution in [0.3, 0.4) is 0 Å². The van der Waals surface area contributed by atoms with E-state index in [-0.39, 0.29) is 0 Å². The number of aromatic nitrogens is 3. The molecule has 0 amide bonds. The first-order valence-electron chi connectivity index (χ1n) is 4.10. The van der Waals surface area contributed by atoms with Gasteiger partial charge in [-0.1, -0.05) is 0 Å².